The summed E-state index contributed by atoms with van der Waals surface area (Å²) in [5, 5.41) is 0. The largest absolute Gasteiger partial charge is 0.0622 e. The molecule has 0 heterocycles. The molecule has 7 rings (SSSR count). The van der Waals surface area contributed by atoms with E-state index in [1.807, 2.05) is 0 Å². The zero-order valence-corrected chi connectivity index (χ0v) is 23.3. The summed E-state index contributed by atoms with van der Waals surface area (Å²) in [4.78, 5) is 0. The molecule has 0 bridgehead atoms. The molecule has 0 nitrogen and oxygen atoms in total. The number of rotatable bonds is 6. The summed E-state index contributed by atoms with van der Waals surface area (Å²) in [6.07, 6.45) is 0. The molecule has 0 N–H and O–H groups in total. The Balaban J connectivity index is 1.38. The van der Waals surface area contributed by atoms with Crippen LogP contribution in [0.3, 0.4) is 0 Å². The van der Waals surface area contributed by atoms with Gasteiger partial charge in [0.1, 0.15) is 0 Å². The van der Waals surface area contributed by atoms with Crippen LogP contribution in [0.4, 0.5) is 0 Å². The third kappa shape index (κ3) is 5.44. The summed E-state index contributed by atoms with van der Waals surface area (Å²) in [5.74, 6) is 0. The van der Waals surface area contributed by atoms with E-state index in [4.69, 9.17) is 0 Å². The SMILES string of the molecule is c1ccc(-c2cccc(-c3cc(-c4cccc(-c5ccccc5)c4)cc(-c4cccc(-c5ccccc5)c4)c3)c2)cc1. The molecule has 0 amide bonds. The fourth-order valence-corrected chi connectivity index (χ4v) is 5.65. The molecule has 0 fully saturated rings. The van der Waals surface area contributed by atoms with Crippen LogP contribution in [-0.2, 0) is 0 Å². The molecular weight excluding hydrogens is 504 g/mol. The molecule has 0 saturated heterocycles. The monoisotopic (exact) mass is 534 g/mol. The van der Waals surface area contributed by atoms with Gasteiger partial charge >= 0.3 is 0 Å². The van der Waals surface area contributed by atoms with Crippen molar-refractivity contribution in [2.75, 3.05) is 0 Å². The molecule has 0 aliphatic carbocycles. The quantitative estimate of drug-likeness (QED) is 0.199. The van der Waals surface area contributed by atoms with Gasteiger partial charge in [0.2, 0.25) is 0 Å². The van der Waals surface area contributed by atoms with Gasteiger partial charge in [-0.15, -0.1) is 0 Å². The summed E-state index contributed by atoms with van der Waals surface area (Å²) >= 11 is 0. The third-order valence-corrected chi connectivity index (χ3v) is 7.84. The number of hydrogen-bond acceptors (Lipinski definition) is 0. The minimum absolute atomic E-state index is 1.20. The van der Waals surface area contributed by atoms with E-state index in [1.165, 1.54) is 66.8 Å². The average molecular weight is 535 g/mol. The molecule has 0 aliphatic heterocycles. The Labute approximate surface area is 248 Å². The highest BCUT2D eigenvalue weighted by molar-refractivity contribution is 5.85. The minimum atomic E-state index is 1.20. The number of benzene rings is 7. The molecule has 42 heavy (non-hydrogen) atoms. The maximum atomic E-state index is 2.33. The van der Waals surface area contributed by atoms with Crippen LogP contribution in [0.5, 0.6) is 0 Å². The van der Waals surface area contributed by atoms with Gasteiger partial charge in [-0.2, -0.15) is 0 Å². The van der Waals surface area contributed by atoms with Gasteiger partial charge in [0.15, 0.2) is 0 Å². The summed E-state index contributed by atoms with van der Waals surface area (Å²) in [6.45, 7) is 0. The normalized spacial score (nSPS) is 10.9. The van der Waals surface area contributed by atoms with Crippen LogP contribution in [0.25, 0.3) is 66.8 Å². The fourth-order valence-electron chi connectivity index (χ4n) is 5.65. The van der Waals surface area contributed by atoms with E-state index in [9.17, 15) is 0 Å². The Hall–Kier alpha value is -5.46. The zero-order valence-electron chi connectivity index (χ0n) is 23.3. The molecule has 0 heteroatoms. The maximum absolute atomic E-state index is 2.33. The molecule has 0 spiro atoms. The molecule has 7 aromatic rings. The van der Waals surface area contributed by atoms with Crippen molar-refractivity contribution >= 4 is 0 Å². The van der Waals surface area contributed by atoms with E-state index < -0.39 is 0 Å². The van der Waals surface area contributed by atoms with Gasteiger partial charge in [0.25, 0.3) is 0 Å². The van der Waals surface area contributed by atoms with E-state index in [0.717, 1.165) is 0 Å². The predicted molar refractivity (Wildman–Crippen MR) is 179 cm³/mol. The molecule has 0 saturated carbocycles. The van der Waals surface area contributed by atoms with Gasteiger partial charge < -0.3 is 0 Å². The average Bonchev–Trinajstić information content (AvgIpc) is 3.09. The van der Waals surface area contributed by atoms with Gasteiger partial charge in [-0.25, -0.2) is 0 Å². The van der Waals surface area contributed by atoms with E-state index in [2.05, 4.69) is 182 Å². The van der Waals surface area contributed by atoms with Crippen molar-refractivity contribution in [1.29, 1.82) is 0 Å². The Morgan fingerprint density at radius 3 is 0.595 bits per heavy atom. The Kier molecular flexibility index (Phi) is 7.02. The Bertz CT molecular complexity index is 1710. The highest BCUT2D eigenvalue weighted by atomic mass is 14.1. The number of hydrogen-bond donors (Lipinski definition) is 0. The topological polar surface area (TPSA) is 0 Å². The maximum Gasteiger partial charge on any atom is -0.0171 e. The van der Waals surface area contributed by atoms with Crippen LogP contribution in [0, 0.1) is 0 Å². The fraction of sp³-hybridized carbons (Fsp3) is 0. The van der Waals surface area contributed by atoms with Gasteiger partial charge in [0, 0.05) is 0 Å². The molecule has 198 valence electrons. The highest BCUT2D eigenvalue weighted by Gasteiger charge is 2.11. The van der Waals surface area contributed by atoms with E-state index >= 15 is 0 Å². The first-order chi connectivity index (χ1) is 20.8. The molecular formula is C42H30. The molecule has 0 atom stereocenters. The van der Waals surface area contributed by atoms with Crippen LogP contribution in [0.2, 0.25) is 0 Å². The van der Waals surface area contributed by atoms with Crippen molar-refractivity contribution < 1.29 is 0 Å². The van der Waals surface area contributed by atoms with E-state index in [1.54, 1.807) is 0 Å². The summed E-state index contributed by atoms with van der Waals surface area (Å²) in [6, 6.07) is 65.4. The van der Waals surface area contributed by atoms with Crippen molar-refractivity contribution in [3.8, 4) is 66.8 Å². The molecule has 0 aliphatic rings. The third-order valence-electron chi connectivity index (χ3n) is 7.84. The van der Waals surface area contributed by atoms with Gasteiger partial charge in [0.05, 0.1) is 0 Å². The van der Waals surface area contributed by atoms with Crippen molar-refractivity contribution in [1.82, 2.24) is 0 Å². The lowest BCUT2D eigenvalue weighted by Gasteiger charge is -2.14. The van der Waals surface area contributed by atoms with Crippen LogP contribution in [-0.4, -0.2) is 0 Å². The van der Waals surface area contributed by atoms with Crippen molar-refractivity contribution in [3.05, 3.63) is 182 Å². The highest BCUT2D eigenvalue weighted by Crippen LogP contribution is 2.36. The van der Waals surface area contributed by atoms with Gasteiger partial charge in [-0.1, -0.05) is 146 Å². The van der Waals surface area contributed by atoms with Gasteiger partial charge in [-0.05, 0) is 103 Å². The van der Waals surface area contributed by atoms with Crippen LogP contribution >= 0.6 is 0 Å². The second kappa shape index (κ2) is 11.6. The molecule has 0 aromatic heterocycles. The van der Waals surface area contributed by atoms with Gasteiger partial charge in [-0.3, -0.25) is 0 Å². The van der Waals surface area contributed by atoms with Crippen LogP contribution in [0.1, 0.15) is 0 Å². The zero-order chi connectivity index (χ0) is 28.1. The first kappa shape index (κ1) is 25.5. The summed E-state index contributed by atoms with van der Waals surface area (Å²) in [5.41, 5.74) is 14.6. The van der Waals surface area contributed by atoms with Crippen molar-refractivity contribution in [2.45, 2.75) is 0 Å². The van der Waals surface area contributed by atoms with Crippen molar-refractivity contribution in [2.24, 2.45) is 0 Å². The van der Waals surface area contributed by atoms with E-state index in [0.29, 0.717) is 0 Å². The molecule has 7 aromatic carbocycles. The van der Waals surface area contributed by atoms with Crippen molar-refractivity contribution in [3.63, 3.8) is 0 Å². The van der Waals surface area contributed by atoms with Crippen LogP contribution < -0.4 is 0 Å². The lowest BCUT2D eigenvalue weighted by Crippen LogP contribution is -1.88. The summed E-state index contributed by atoms with van der Waals surface area (Å²) in [7, 11) is 0. The Morgan fingerprint density at radius 1 is 0.143 bits per heavy atom. The molecule has 0 unspecified atom stereocenters. The lowest BCUT2D eigenvalue weighted by atomic mass is 9.90. The standard InChI is InChI=1S/C42H30/c1-4-13-31(14-5-1)34-19-10-22-37(25-34)40-28-41(38-23-11-20-35(26-38)32-15-6-2-7-16-32)30-42(29-40)39-24-12-21-36(27-39)33-17-8-3-9-18-33/h1-30H. The lowest BCUT2D eigenvalue weighted by molar-refractivity contribution is 1.55. The minimum Gasteiger partial charge on any atom is -0.0622 e. The first-order valence-corrected chi connectivity index (χ1v) is 14.4. The molecule has 0 radical (unpaired) electrons. The van der Waals surface area contributed by atoms with E-state index in [-0.39, 0.29) is 0 Å². The Morgan fingerprint density at radius 2 is 0.333 bits per heavy atom. The summed E-state index contributed by atoms with van der Waals surface area (Å²) < 4.78 is 0. The van der Waals surface area contributed by atoms with Crippen LogP contribution in [0.15, 0.2) is 182 Å². The smallest absolute Gasteiger partial charge is 0.0171 e. The second-order valence-electron chi connectivity index (χ2n) is 10.6. The second-order valence-corrected chi connectivity index (χ2v) is 10.6. The predicted octanol–water partition coefficient (Wildman–Crippen LogP) is 11.7. The first-order valence-electron chi connectivity index (χ1n) is 14.4.